The van der Waals surface area contributed by atoms with Crippen molar-refractivity contribution in [1.29, 1.82) is 0 Å². The summed E-state index contributed by atoms with van der Waals surface area (Å²) in [4.78, 5) is 0. The van der Waals surface area contributed by atoms with E-state index in [1.807, 2.05) is 0 Å². The number of nitrogens with zero attached hydrogens (tertiary/aromatic N) is 2. The van der Waals surface area contributed by atoms with Crippen molar-refractivity contribution < 1.29 is 4.42 Å². The number of anilines is 1. The highest BCUT2D eigenvalue weighted by atomic mass is 35.5. The molecule has 0 spiro atoms. The van der Waals surface area contributed by atoms with Crippen molar-refractivity contribution in [2.24, 2.45) is 5.92 Å². The van der Waals surface area contributed by atoms with Crippen LogP contribution in [0, 0.1) is 5.92 Å². The Morgan fingerprint density at radius 2 is 2.31 bits per heavy atom. The maximum atomic E-state index is 5.77. The molecule has 1 aliphatic rings. The number of aromatic nitrogens is 2. The van der Waals surface area contributed by atoms with E-state index in [4.69, 9.17) is 16.0 Å². The number of nitrogens with one attached hydrogen (secondary N) is 1. The van der Waals surface area contributed by atoms with Crippen molar-refractivity contribution >= 4 is 17.6 Å². The van der Waals surface area contributed by atoms with E-state index < -0.39 is 0 Å². The van der Waals surface area contributed by atoms with Crippen LogP contribution in [0.2, 0.25) is 0 Å². The van der Waals surface area contributed by atoms with Crippen LogP contribution < -0.4 is 5.32 Å². The van der Waals surface area contributed by atoms with Crippen molar-refractivity contribution in [3.63, 3.8) is 0 Å². The molecule has 3 unspecified atom stereocenters. The second kappa shape index (κ2) is 3.18. The molecule has 0 amide bonds. The summed E-state index contributed by atoms with van der Waals surface area (Å²) in [5.74, 6) is 1.18. The summed E-state index contributed by atoms with van der Waals surface area (Å²) in [6, 6.07) is 0.982. The van der Waals surface area contributed by atoms with Crippen LogP contribution in [0.5, 0.6) is 0 Å². The SMILES string of the molecule is CC(Cl)c1nnc(NC2CC2C)o1. The lowest BCUT2D eigenvalue weighted by Gasteiger charge is -1.96. The fourth-order valence-corrected chi connectivity index (χ4v) is 1.22. The third-order valence-corrected chi connectivity index (χ3v) is 2.39. The standard InChI is InChI=1S/C8H12ClN3O/c1-4-3-6(4)10-8-12-11-7(13-8)5(2)9/h4-6H,3H2,1-2H3,(H,10,12). The molecule has 0 saturated heterocycles. The Hall–Kier alpha value is -0.770. The molecule has 13 heavy (non-hydrogen) atoms. The third kappa shape index (κ3) is 1.94. The number of halogens is 1. The van der Waals surface area contributed by atoms with Gasteiger partial charge in [0.25, 0.3) is 0 Å². The normalized spacial score (nSPS) is 28.5. The molecule has 72 valence electrons. The summed E-state index contributed by atoms with van der Waals surface area (Å²) in [5, 5.41) is 10.6. The summed E-state index contributed by atoms with van der Waals surface area (Å²) in [5.41, 5.74) is 0. The maximum Gasteiger partial charge on any atom is 0.315 e. The van der Waals surface area contributed by atoms with E-state index in [0.717, 1.165) is 0 Å². The molecule has 3 atom stereocenters. The average Bonchev–Trinajstić information content (AvgIpc) is 2.61. The van der Waals surface area contributed by atoms with Crippen LogP contribution >= 0.6 is 11.6 Å². The van der Waals surface area contributed by atoms with E-state index in [-0.39, 0.29) is 5.38 Å². The quantitative estimate of drug-likeness (QED) is 0.762. The molecule has 1 saturated carbocycles. The number of hydrogen-bond acceptors (Lipinski definition) is 4. The lowest BCUT2D eigenvalue weighted by atomic mass is 10.5. The van der Waals surface area contributed by atoms with Gasteiger partial charge in [0.1, 0.15) is 5.38 Å². The predicted molar refractivity (Wildman–Crippen MR) is 49.8 cm³/mol. The van der Waals surface area contributed by atoms with Gasteiger partial charge in [-0.25, -0.2) is 0 Å². The van der Waals surface area contributed by atoms with Gasteiger partial charge in [-0.1, -0.05) is 12.0 Å². The van der Waals surface area contributed by atoms with Crippen molar-refractivity contribution in [1.82, 2.24) is 10.2 Å². The summed E-state index contributed by atoms with van der Waals surface area (Å²) in [7, 11) is 0. The largest absolute Gasteiger partial charge is 0.406 e. The second-order valence-electron chi connectivity index (χ2n) is 3.53. The number of alkyl halides is 1. The minimum atomic E-state index is -0.223. The van der Waals surface area contributed by atoms with Crippen molar-refractivity contribution in [3.05, 3.63) is 5.89 Å². The first-order valence-corrected chi connectivity index (χ1v) is 4.84. The molecule has 2 rings (SSSR count). The Morgan fingerprint density at radius 3 is 2.77 bits per heavy atom. The van der Waals surface area contributed by atoms with Gasteiger partial charge in [0, 0.05) is 6.04 Å². The summed E-state index contributed by atoms with van der Waals surface area (Å²) < 4.78 is 5.28. The van der Waals surface area contributed by atoms with Gasteiger partial charge in [-0.3, -0.25) is 0 Å². The van der Waals surface area contributed by atoms with E-state index in [9.17, 15) is 0 Å². The van der Waals surface area contributed by atoms with Gasteiger partial charge in [0.05, 0.1) is 0 Å². The van der Waals surface area contributed by atoms with Crippen molar-refractivity contribution in [3.8, 4) is 0 Å². The number of rotatable bonds is 3. The fraction of sp³-hybridized carbons (Fsp3) is 0.750. The minimum absolute atomic E-state index is 0.223. The van der Waals surface area contributed by atoms with E-state index in [0.29, 0.717) is 23.9 Å². The molecule has 0 radical (unpaired) electrons. The fourth-order valence-electron chi connectivity index (χ4n) is 1.14. The lowest BCUT2D eigenvalue weighted by molar-refractivity contribution is 0.505. The molecule has 1 aliphatic carbocycles. The summed E-state index contributed by atoms with van der Waals surface area (Å²) >= 11 is 5.77. The lowest BCUT2D eigenvalue weighted by Crippen LogP contribution is -2.03. The molecule has 0 bridgehead atoms. The molecule has 0 aromatic carbocycles. The predicted octanol–water partition coefficient (Wildman–Crippen LogP) is 2.19. The Labute approximate surface area is 81.7 Å². The van der Waals surface area contributed by atoms with Crippen LogP contribution in [-0.4, -0.2) is 16.2 Å². The molecular formula is C8H12ClN3O. The van der Waals surface area contributed by atoms with Gasteiger partial charge in [0.2, 0.25) is 5.89 Å². The smallest absolute Gasteiger partial charge is 0.315 e. The Bertz CT molecular complexity index is 299. The van der Waals surface area contributed by atoms with Crippen molar-refractivity contribution in [2.75, 3.05) is 5.32 Å². The van der Waals surface area contributed by atoms with E-state index >= 15 is 0 Å². The zero-order valence-electron chi connectivity index (χ0n) is 7.62. The third-order valence-electron chi connectivity index (χ3n) is 2.20. The Kier molecular flexibility index (Phi) is 2.15. The monoisotopic (exact) mass is 201 g/mol. The first kappa shape index (κ1) is 8.81. The molecule has 1 fully saturated rings. The molecule has 5 heteroatoms. The Morgan fingerprint density at radius 1 is 1.62 bits per heavy atom. The Balaban J connectivity index is 1.97. The van der Waals surface area contributed by atoms with Gasteiger partial charge in [0.15, 0.2) is 0 Å². The number of hydrogen-bond donors (Lipinski definition) is 1. The van der Waals surface area contributed by atoms with Gasteiger partial charge < -0.3 is 9.73 Å². The molecular weight excluding hydrogens is 190 g/mol. The van der Waals surface area contributed by atoms with Gasteiger partial charge in [-0.05, 0) is 19.3 Å². The van der Waals surface area contributed by atoms with Crippen LogP contribution in [0.4, 0.5) is 6.01 Å². The summed E-state index contributed by atoms with van der Waals surface area (Å²) in [6.45, 7) is 3.98. The van der Waals surface area contributed by atoms with Gasteiger partial charge in [-0.2, -0.15) is 0 Å². The van der Waals surface area contributed by atoms with Crippen LogP contribution in [-0.2, 0) is 0 Å². The molecule has 1 N–H and O–H groups in total. The molecule has 0 aliphatic heterocycles. The minimum Gasteiger partial charge on any atom is -0.406 e. The molecule has 4 nitrogen and oxygen atoms in total. The van der Waals surface area contributed by atoms with Crippen LogP contribution in [0.15, 0.2) is 4.42 Å². The molecule has 1 aromatic rings. The first-order chi connectivity index (χ1) is 6.16. The van der Waals surface area contributed by atoms with E-state index in [1.165, 1.54) is 6.42 Å². The first-order valence-electron chi connectivity index (χ1n) is 4.41. The summed E-state index contributed by atoms with van der Waals surface area (Å²) in [6.07, 6.45) is 1.17. The van der Waals surface area contributed by atoms with E-state index in [2.05, 4.69) is 22.4 Å². The van der Waals surface area contributed by atoms with Crippen LogP contribution in [0.3, 0.4) is 0 Å². The zero-order valence-corrected chi connectivity index (χ0v) is 8.38. The van der Waals surface area contributed by atoms with Gasteiger partial charge in [-0.15, -0.1) is 16.7 Å². The van der Waals surface area contributed by atoms with Crippen LogP contribution in [0.1, 0.15) is 31.5 Å². The second-order valence-corrected chi connectivity index (χ2v) is 4.18. The topological polar surface area (TPSA) is 51.0 Å². The zero-order chi connectivity index (χ0) is 9.42. The average molecular weight is 202 g/mol. The maximum absolute atomic E-state index is 5.77. The van der Waals surface area contributed by atoms with Gasteiger partial charge >= 0.3 is 6.01 Å². The van der Waals surface area contributed by atoms with Crippen molar-refractivity contribution in [2.45, 2.75) is 31.7 Å². The highest BCUT2D eigenvalue weighted by Gasteiger charge is 2.33. The molecule has 1 heterocycles. The highest BCUT2D eigenvalue weighted by Crippen LogP contribution is 2.32. The van der Waals surface area contributed by atoms with E-state index in [1.54, 1.807) is 6.92 Å². The van der Waals surface area contributed by atoms with Crippen LogP contribution in [0.25, 0.3) is 0 Å². The highest BCUT2D eigenvalue weighted by molar-refractivity contribution is 6.20. The molecule has 1 aromatic heterocycles.